The van der Waals surface area contributed by atoms with Gasteiger partial charge in [0.05, 0.1) is 12.0 Å². The number of aryl methyl sites for hydroxylation is 1. The predicted octanol–water partition coefficient (Wildman–Crippen LogP) is 1.58. The Morgan fingerprint density at radius 3 is 2.29 bits per heavy atom. The molecule has 0 aromatic carbocycles. The van der Waals surface area contributed by atoms with Crippen LogP contribution in [0.15, 0.2) is 34.9 Å². The molecule has 2 aliphatic heterocycles. The largest absolute Gasteiger partial charge is 0.459 e. The first kappa shape index (κ1) is 18.5. The highest BCUT2D eigenvalue weighted by Crippen LogP contribution is 2.24. The van der Waals surface area contributed by atoms with Gasteiger partial charge in [-0.1, -0.05) is 0 Å². The Hall–Kier alpha value is -2.90. The molecule has 2 saturated heterocycles. The zero-order valence-electron chi connectivity index (χ0n) is 16.1. The second kappa shape index (κ2) is 8.00. The van der Waals surface area contributed by atoms with Crippen molar-refractivity contribution in [1.29, 1.82) is 0 Å². The normalized spacial score (nSPS) is 18.4. The molecule has 2 aromatic rings. The van der Waals surface area contributed by atoms with Crippen LogP contribution in [0.25, 0.3) is 0 Å². The number of piperidine rings is 1. The van der Waals surface area contributed by atoms with Crippen molar-refractivity contribution in [3.8, 4) is 0 Å². The number of nitrogens with zero attached hydrogens (tertiary/aromatic N) is 5. The van der Waals surface area contributed by atoms with Crippen LogP contribution in [0.3, 0.4) is 0 Å². The van der Waals surface area contributed by atoms with Gasteiger partial charge in [0.15, 0.2) is 11.6 Å². The molecule has 0 saturated carbocycles. The van der Waals surface area contributed by atoms with E-state index in [1.807, 2.05) is 24.0 Å². The number of carbonyl (C=O) groups is 2. The van der Waals surface area contributed by atoms with Crippen LogP contribution in [0.5, 0.6) is 0 Å². The molecule has 0 spiro atoms. The lowest BCUT2D eigenvalue weighted by atomic mass is 9.95. The van der Waals surface area contributed by atoms with E-state index >= 15 is 0 Å². The highest BCUT2D eigenvalue weighted by molar-refractivity contribution is 5.91. The summed E-state index contributed by atoms with van der Waals surface area (Å²) in [5.41, 5.74) is 0.901. The second-order valence-corrected chi connectivity index (χ2v) is 7.39. The van der Waals surface area contributed by atoms with Gasteiger partial charge < -0.3 is 19.1 Å². The molecule has 2 fully saturated rings. The van der Waals surface area contributed by atoms with E-state index in [0.717, 1.165) is 37.4 Å². The highest BCUT2D eigenvalue weighted by Gasteiger charge is 2.32. The lowest BCUT2D eigenvalue weighted by molar-refractivity contribution is -0.137. The minimum atomic E-state index is -0.107. The lowest BCUT2D eigenvalue weighted by Gasteiger charge is -2.38. The Kier molecular flexibility index (Phi) is 5.27. The number of rotatable bonds is 3. The molecule has 148 valence electrons. The molecule has 0 N–H and O–H groups in total. The van der Waals surface area contributed by atoms with Crippen LogP contribution in [-0.4, -0.2) is 71.1 Å². The summed E-state index contributed by atoms with van der Waals surface area (Å²) in [6.07, 6.45) is 3.14. The molecule has 2 aliphatic rings. The Labute approximate surface area is 164 Å². The predicted molar refractivity (Wildman–Crippen MR) is 103 cm³/mol. The smallest absolute Gasteiger partial charge is 0.289 e. The van der Waals surface area contributed by atoms with Crippen LogP contribution in [0, 0.1) is 12.8 Å². The van der Waals surface area contributed by atoms with Gasteiger partial charge in [0, 0.05) is 45.2 Å². The number of hydrogen-bond acceptors (Lipinski definition) is 6. The van der Waals surface area contributed by atoms with Crippen LogP contribution in [0.4, 0.5) is 5.82 Å². The monoisotopic (exact) mass is 383 g/mol. The number of anilines is 1. The van der Waals surface area contributed by atoms with E-state index in [2.05, 4.69) is 15.1 Å². The maximum Gasteiger partial charge on any atom is 0.289 e. The third-order valence-electron chi connectivity index (χ3n) is 5.56. The van der Waals surface area contributed by atoms with Crippen LogP contribution < -0.4 is 4.90 Å². The number of piperazine rings is 1. The fourth-order valence-corrected chi connectivity index (χ4v) is 3.86. The van der Waals surface area contributed by atoms with Crippen LogP contribution in [0.2, 0.25) is 0 Å². The highest BCUT2D eigenvalue weighted by atomic mass is 16.3. The quantitative estimate of drug-likeness (QED) is 0.800. The fraction of sp³-hybridized carbons (Fsp3) is 0.500. The van der Waals surface area contributed by atoms with Crippen LogP contribution in [0.1, 0.15) is 29.1 Å². The van der Waals surface area contributed by atoms with Gasteiger partial charge in [0.1, 0.15) is 0 Å². The van der Waals surface area contributed by atoms with E-state index in [9.17, 15) is 9.59 Å². The Morgan fingerprint density at radius 1 is 0.964 bits per heavy atom. The molecule has 8 nitrogen and oxygen atoms in total. The average Bonchev–Trinajstić information content (AvgIpc) is 3.28. The van der Waals surface area contributed by atoms with Gasteiger partial charge in [-0.3, -0.25) is 9.59 Å². The third-order valence-corrected chi connectivity index (χ3v) is 5.56. The van der Waals surface area contributed by atoms with Crippen molar-refractivity contribution >= 4 is 17.6 Å². The summed E-state index contributed by atoms with van der Waals surface area (Å²) in [6, 6.07) is 7.33. The third kappa shape index (κ3) is 3.85. The van der Waals surface area contributed by atoms with Crippen LogP contribution >= 0.6 is 0 Å². The van der Waals surface area contributed by atoms with E-state index in [1.165, 1.54) is 6.26 Å². The summed E-state index contributed by atoms with van der Waals surface area (Å²) in [7, 11) is 0. The SMILES string of the molecule is Cc1ccc(N2CCC(C(=O)N3CCN(C(=O)c4ccco4)CC3)CC2)nn1. The number of hydrogen-bond donors (Lipinski definition) is 0. The van der Waals surface area contributed by atoms with E-state index in [0.29, 0.717) is 31.9 Å². The van der Waals surface area contributed by atoms with Gasteiger partial charge in [-0.25, -0.2) is 0 Å². The number of furan rings is 1. The van der Waals surface area contributed by atoms with E-state index in [4.69, 9.17) is 4.42 Å². The Balaban J connectivity index is 1.27. The lowest BCUT2D eigenvalue weighted by Crippen LogP contribution is -2.53. The van der Waals surface area contributed by atoms with Crippen LogP contribution in [-0.2, 0) is 4.79 Å². The number of carbonyl (C=O) groups excluding carboxylic acids is 2. The van der Waals surface area contributed by atoms with Crippen molar-refractivity contribution < 1.29 is 14.0 Å². The van der Waals surface area contributed by atoms with Gasteiger partial charge in [-0.2, -0.15) is 5.10 Å². The topological polar surface area (TPSA) is 82.8 Å². The summed E-state index contributed by atoms with van der Waals surface area (Å²) >= 11 is 0. The molecule has 0 bridgehead atoms. The molecule has 28 heavy (non-hydrogen) atoms. The number of aromatic nitrogens is 2. The summed E-state index contributed by atoms with van der Waals surface area (Å²) in [5, 5.41) is 8.36. The zero-order valence-corrected chi connectivity index (χ0v) is 16.1. The molecule has 0 radical (unpaired) electrons. The molecule has 0 atom stereocenters. The van der Waals surface area contributed by atoms with Crippen molar-refractivity contribution in [2.45, 2.75) is 19.8 Å². The molecule has 8 heteroatoms. The summed E-state index contributed by atoms with van der Waals surface area (Å²) in [4.78, 5) is 31.1. The fourth-order valence-electron chi connectivity index (χ4n) is 3.86. The minimum Gasteiger partial charge on any atom is -0.459 e. The first-order valence-electron chi connectivity index (χ1n) is 9.78. The first-order chi connectivity index (χ1) is 13.6. The Bertz CT molecular complexity index is 805. The van der Waals surface area contributed by atoms with Gasteiger partial charge >= 0.3 is 0 Å². The van der Waals surface area contributed by atoms with E-state index in [-0.39, 0.29) is 17.7 Å². The minimum absolute atomic E-state index is 0.0435. The van der Waals surface area contributed by atoms with E-state index in [1.54, 1.807) is 17.0 Å². The molecule has 2 aromatic heterocycles. The molecule has 2 amide bonds. The Morgan fingerprint density at radius 2 is 1.68 bits per heavy atom. The van der Waals surface area contributed by atoms with E-state index < -0.39 is 0 Å². The average molecular weight is 383 g/mol. The molecule has 4 rings (SSSR count). The number of amides is 2. The molecule has 4 heterocycles. The molecular formula is C20H25N5O3. The van der Waals surface area contributed by atoms with Gasteiger partial charge in [0.25, 0.3) is 5.91 Å². The van der Waals surface area contributed by atoms with Crippen molar-refractivity contribution in [1.82, 2.24) is 20.0 Å². The molecule has 0 aliphatic carbocycles. The second-order valence-electron chi connectivity index (χ2n) is 7.39. The summed E-state index contributed by atoms with van der Waals surface area (Å²) in [6.45, 7) is 5.79. The zero-order chi connectivity index (χ0) is 19.5. The van der Waals surface area contributed by atoms with Gasteiger partial charge in [-0.05, 0) is 44.0 Å². The van der Waals surface area contributed by atoms with Crippen molar-refractivity contribution in [2.24, 2.45) is 5.92 Å². The molecule has 0 unspecified atom stereocenters. The van der Waals surface area contributed by atoms with Gasteiger partial charge in [-0.15, -0.1) is 5.10 Å². The standard InChI is InChI=1S/C20H25N5O3/c1-15-4-5-18(22-21-15)23-8-6-16(7-9-23)19(26)24-10-12-25(13-11-24)20(27)17-3-2-14-28-17/h2-5,14,16H,6-13H2,1H3. The summed E-state index contributed by atoms with van der Waals surface area (Å²) < 4.78 is 5.19. The van der Waals surface area contributed by atoms with Crippen molar-refractivity contribution in [3.05, 3.63) is 42.0 Å². The maximum atomic E-state index is 12.9. The van der Waals surface area contributed by atoms with Crippen molar-refractivity contribution in [2.75, 3.05) is 44.2 Å². The molecular weight excluding hydrogens is 358 g/mol. The van der Waals surface area contributed by atoms with Crippen molar-refractivity contribution in [3.63, 3.8) is 0 Å². The maximum absolute atomic E-state index is 12.9. The first-order valence-corrected chi connectivity index (χ1v) is 9.78. The van der Waals surface area contributed by atoms with Gasteiger partial charge in [0.2, 0.25) is 5.91 Å². The summed E-state index contributed by atoms with van der Waals surface area (Å²) in [5.74, 6) is 1.37.